The summed E-state index contributed by atoms with van der Waals surface area (Å²) in [4.78, 5) is 16.4. The minimum Gasteiger partial charge on any atom is -0.455 e. The Morgan fingerprint density at radius 1 is 1.29 bits per heavy atom. The van der Waals surface area contributed by atoms with Crippen molar-refractivity contribution in [1.29, 1.82) is 0 Å². The van der Waals surface area contributed by atoms with E-state index in [1.165, 1.54) is 29.5 Å². The molecule has 2 aromatic carbocycles. The Labute approximate surface area is 132 Å². The maximum Gasteiger partial charge on any atom is 0.339 e. The van der Waals surface area contributed by atoms with Crippen LogP contribution < -0.4 is 0 Å². The van der Waals surface area contributed by atoms with Crippen molar-refractivity contribution in [2.75, 3.05) is 0 Å². The van der Waals surface area contributed by atoms with Gasteiger partial charge >= 0.3 is 5.97 Å². The van der Waals surface area contributed by atoms with Crippen molar-refractivity contribution >= 4 is 43.5 Å². The molecule has 106 valence electrons. The van der Waals surface area contributed by atoms with E-state index in [0.717, 1.165) is 15.2 Å². The summed E-state index contributed by atoms with van der Waals surface area (Å²) in [7, 11) is 0. The molecular weight excluding hydrogens is 357 g/mol. The molecule has 0 saturated heterocycles. The maximum atomic E-state index is 13.0. The van der Waals surface area contributed by atoms with Gasteiger partial charge in [0.2, 0.25) is 0 Å². The van der Waals surface area contributed by atoms with Crippen molar-refractivity contribution in [3.63, 3.8) is 0 Å². The van der Waals surface area contributed by atoms with Gasteiger partial charge in [-0.1, -0.05) is 12.1 Å². The molecule has 0 amide bonds. The molecule has 0 radical (unpaired) electrons. The summed E-state index contributed by atoms with van der Waals surface area (Å²) in [6.07, 6.45) is 0. The lowest BCUT2D eigenvalue weighted by molar-refractivity contribution is 0.0471. The molecule has 0 N–H and O–H groups in total. The van der Waals surface area contributed by atoms with Crippen LogP contribution in [0.15, 0.2) is 46.9 Å². The van der Waals surface area contributed by atoms with E-state index in [4.69, 9.17) is 4.74 Å². The van der Waals surface area contributed by atoms with Crippen LogP contribution in [-0.4, -0.2) is 11.0 Å². The van der Waals surface area contributed by atoms with Crippen molar-refractivity contribution in [1.82, 2.24) is 4.98 Å². The van der Waals surface area contributed by atoms with E-state index in [1.807, 2.05) is 24.3 Å². The fourth-order valence-corrected chi connectivity index (χ4v) is 3.24. The topological polar surface area (TPSA) is 39.2 Å². The molecular formula is C15H9BrFNO2S. The predicted molar refractivity (Wildman–Crippen MR) is 82.8 cm³/mol. The highest BCUT2D eigenvalue weighted by atomic mass is 79.9. The molecule has 21 heavy (non-hydrogen) atoms. The van der Waals surface area contributed by atoms with Gasteiger partial charge in [-0.2, -0.15) is 0 Å². The Kier molecular flexibility index (Phi) is 3.98. The number of ether oxygens (including phenoxy) is 1. The van der Waals surface area contributed by atoms with Crippen LogP contribution >= 0.6 is 27.3 Å². The molecule has 0 atom stereocenters. The van der Waals surface area contributed by atoms with Gasteiger partial charge in [-0.3, -0.25) is 0 Å². The Morgan fingerprint density at radius 2 is 2.10 bits per heavy atom. The van der Waals surface area contributed by atoms with Crippen LogP contribution in [0.3, 0.4) is 0 Å². The lowest BCUT2D eigenvalue weighted by atomic mass is 10.2. The van der Waals surface area contributed by atoms with E-state index in [1.54, 1.807) is 0 Å². The summed E-state index contributed by atoms with van der Waals surface area (Å²) in [5.74, 6) is -0.925. The number of fused-ring (bicyclic) bond motifs is 1. The summed E-state index contributed by atoms with van der Waals surface area (Å²) in [5.41, 5.74) is 1.18. The summed E-state index contributed by atoms with van der Waals surface area (Å²) in [6, 6.07) is 11.6. The van der Waals surface area contributed by atoms with E-state index in [-0.39, 0.29) is 12.2 Å². The molecule has 0 saturated carbocycles. The van der Waals surface area contributed by atoms with Gasteiger partial charge in [0.25, 0.3) is 0 Å². The molecule has 0 aliphatic carbocycles. The van der Waals surface area contributed by atoms with Crippen molar-refractivity contribution in [3.05, 3.63) is 63.3 Å². The monoisotopic (exact) mass is 365 g/mol. The summed E-state index contributed by atoms with van der Waals surface area (Å²) >= 11 is 4.63. The van der Waals surface area contributed by atoms with Crippen molar-refractivity contribution < 1.29 is 13.9 Å². The van der Waals surface area contributed by atoms with Gasteiger partial charge in [0.05, 0.1) is 15.8 Å². The number of rotatable bonds is 3. The number of hydrogen-bond acceptors (Lipinski definition) is 4. The first kappa shape index (κ1) is 14.2. The molecule has 3 rings (SSSR count). The zero-order chi connectivity index (χ0) is 14.8. The number of hydrogen-bond donors (Lipinski definition) is 0. The quantitative estimate of drug-likeness (QED) is 0.639. The molecule has 3 nitrogen and oxygen atoms in total. The summed E-state index contributed by atoms with van der Waals surface area (Å²) in [5, 5.41) is 0.725. The lowest BCUT2D eigenvalue weighted by Gasteiger charge is -2.04. The lowest BCUT2D eigenvalue weighted by Crippen LogP contribution is -2.06. The van der Waals surface area contributed by atoms with E-state index < -0.39 is 11.8 Å². The minimum atomic E-state index is -0.513. The van der Waals surface area contributed by atoms with Gasteiger partial charge in [0.1, 0.15) is 17.4 Å². The molecule has 1 heterocycles. The highest BCUT2D eigenvalue weighted by Crippen LogP contribution is 2.23. The third kappa shape index (κ3) is 3.11. The molecule has 0 fully saturated rings. The number of carbonyl (C=O) groups excluding carboxylic acids is 1. The third-order valence-corrected chi connectivity index (χ3v) is 4.48. The fourth-order valence-electron chi connectivity index (χ4n) is 1.84. The van der Waals surface area contributed by atoms with Gasteiger partial charge in [-0.25, -0.2) is 14.2 Å². The largest absolute Gasteiger partial charge is 0.455 e. The smallest absolute Gasteiger partial charge is 0.339 e. The molecule has 6 heteroatoms. The predicted octanol–water partition coefficient (Wildman–Crippen LogP) is 4.55. The second-order valence-electron chi connectivity index (χ2n) is 4.28. The average Bonchev–Trinajstić information content (AvgIpc) is 2.87. The second-order valence-corrected chi connectivity index (χ2v) is 6.25. The molecule has 0 aliphatic heterocycles. The standard InChI is InChI=1S/C15H9BrFNO2S/c16-11-7-9(17)5-6-10(11)15(19)20-8-14-18-12-3-1-2-4-13(12)21-14/h1-7H,8H2. The fraction of sp³-hybridized carbons (Fsp3) is 0.0667. The normalized spacial score (nSPS) is 10.8. The van der Waals surface area contributed by atoms with Crippen LogP contribution in [0.2, 0.25) is 0 Å². The summed E-state index contributed by atoms with van der Waals surface area (Å²) < 4.78 is 19.6. The van der Waals surface area contributed by atoms with Crippen molar-refractivity contribution in [2.24, 2.45) is 0 Å². The highest BCUT2D eigenvalue weighted by molar-refractivity contribution is 9.10. The second kappa shape index (κ2) is 5.91. The van der Waals surface area contributed by atoms with Crippen molar-refractivity contribution in [2.45, 2.75) is 6.61 Å². The van der Waals surface area contributed by atoms with Crippen LogP contribution in [0.1, 0.15) is 15.4 Å². The number of halogens is 2. The number of thiazole rings is 1. The Bertz CT molecular complexity index is 785. The first-order valence-electron chi connectivity index (χ1n) is 6.10. The number of carbonyl (C=O) groups is 1. The molecule has 0 aliphatic rings. The highest BCUT2D eigenvalue weighted by Gasteiger charge is 2.13. The number of benzene rings is 2. The molecule has 3 aromatic rings. The van der Waals surface area contributed by atoms with Crippen LogP contribution in [0.25, 0.3) is 10.2 Å². The van der Waals surface area contributed by atoms with Crippen LogP contribution in [0.5, 0.6) is 0 Å². The van der Waals surface area contributed by atoms with E-state index >= 15 is 0 Å². The van der Waals surface area contributed by atoms with E-state index in [2.05, 4.69) is 20.9 Å². The van der Waals surface area contributed by atoms with E-state index in [9.17, 15) is 9.18 Å². The number of para-hydroxylation sites is 1. The number of nitrogens with zero attached hydrogens (tertiary/aromatic N) is 1. The maximum absolute atomic E-state index is 13.0. The molecule has 0 spiro atoms. The van der Waals surface area contributed by atoms with Crippen LogP contribution in [0.4, 0.5) is 4.39 Å². The SMILES string of the molecule is O=C(OCc1nc2ccccc2s1)c1ccc(F)cc1Br. The Morgan fingerprint density at radius 3 is 2.86 bits per heavy atom. The number of aromatic nitrogens is 1. The zero-order valence-corrected chi connectivity index (χ0v) is 13.1. The van der Waals surface area contributed by atoms with Gasteiger partial charge in [0, 0.05) is 4.47 Å². The summed E-state index contributed by atoms with van der Waals surface area (Å²) in [6.45, 7) is 0.0992. The Hall–Kier alpha value is -1.79. The molecule has 0 unspecified atom stereocenters. The first-order chi connectivity index (χ1) is 10.1. The van der Waals surface area contributed by atoms with Gasteiger partial charge < -0.3 is 4.74 Å². The minimum absolute atomic E-state index is 0.0992. The van der Waals surface area contributed by atoms with Gasteiger partial charge in [-0.15, -0.1) is 11.3 Å². The number of esters is 1. The van der Waals surface area contributed by atoms with Gasteiger partial charge in [-0.05, 0) is 46.3 Å². The van der Waals surface area contributed by atoms with Crippen LogP contribution in [-0.2, 0) is 11.3 Å². The molecule has 1 aromatic heterocycles. The molecule has 0 bridgehead atoms. The first-order valence-corrected chi connectivity index (χ1v) is 7.71. The van der Waals surface area contributed by atoms with E-state index in [0.29, 0.717) is 4.47 Å². The Balaban J connectivity index is 1.73. The van der Waals surface area contributed by atoms with Crippen LogP contribution in [0, 0.1) is 5.82 Å². The van der Waals surface area contributed by atoms with Crippen molar-refractivity contribution in [3.8, 4) is 0 Å². The van der Waals surface area contributed by atoms with Gasteiger partial charge in [0.15, 0.2) is 0 Å². The third-order valence-electron chi connectivity index (χ3n) is 2.82. The average molecular weight is 366 g/mol. The zero-order valence-electron chi connectivity index (χ0n) is 10.7.